The molecule has 0 unspecified atom stereocenters. The van der Waals surface area contributed by atoms with Crippen LogP contribution in [0.15, 0.2) is 582 Å². The number of rotatable bonds is 15. The maximum absolute atomic E-state index is 2.42. The van der Waals surface area contributed by atoms with Gasteiger partial charge < -0.3 is 27.4 Å². The molecule has 6 heteroatoms. The zero-order chi connectivity index (χ0) is 99.1. The van der Waals surface area contributed by atoms with Crippen molar-refractivity contribution in [2.24, 2.45) is 0 Å². The first kappa shape index (κ1) is 87.8. The second-order valence-electron chi connectivity index (χ2n) is 39.0. The molecule has 30 aromatic rings. The van der Waals surface area contributed by atoms with Gasteiger partial charge in [-0.1, -0.05) is 437 Å². The van der Waals surface area contributed by atoms with E-state index in [0.717, 1.165) is 34.1 Å². The molecule has 24 aromatic carbocycles. The lowest BCUT2D eigenvalue weighted by Crippen LogP contribution is -1.95. The molecular weight excluding hydrogens is 1810 g/mol. The van der Waals surface area contributed by atoms with Crippen LogP contribution < -0.4 is 0 Å². The van der Waals surface area contributed by atoms with Crippen molar-refractivity contribution in [1.29, 1.82) is 0 Å². The minimum absolute atomic E-state index is 1.15. The molecule has 0 N–H and O–H groups in total. The highest BCUT2D eigenvalue weighted by molar-refractivity contribution is 6.17. The molecule has 6 aromatic heterocycles. The van der Waals surface area contributed by atoms with E-state index in [1.165, 1.54) is 231 Å². The first-order chi connectivity index (χ1) is 74.4. The topological polar surface area (TPSA) is 29.6 Å². The van der Waals surface area contributed by atoms with Crippen LogP contribution in [0.5, 0.6) is 0 Å². The van der Waals surface area contributed by atoms with Crippen molar-refractivity contribution in [3.8, 4) is 134 Å². The van der Waals surface area contributed by atoms with E-state index >= 15 is 0 Å². The first-order valence-corrected chi connectivity index (χ1v) is 51.6. The lowest BCUT2D eigenvalue weighted by atomic mass is 10.0. The average Bonchev–Trinajstić information content (AvgIpc) is 1.59. The number of hydrogen-bond donors (Lipinski definition) is 0. The molecular formula is C144H96N6. The van der Waals surface area contributed by atoms with E-state index in [1.54, 1.807) is 0 Å². The van der Waals surface area contributed by atoms with Gasteiger partial charge in [-0.05, 0) is 246 Å². The smallest absolute Gasteiger partial charge is 0.0547 e. The summed E-state index contributed by atoms with van der Waals surface area (Å²) in [7, 11) is 0. The average molecular weight is 1910 g/mol. The van der Waals surface area contributed by atoms with Gasteiger partial charge in [-0.15, -0.1) is 0 Å². The predicted octanol–water partition coefficient (Wildman–Crippen LogP) is 38.6. The maximum atomic E-state index is 2.42. The molecule has 0 saturated carbocycles. The van der Waals surface area contributed by atoms with Gasteiger partial charge >= 0.3 is 0 Å². The molecule has 0 aliphatic rings. The Labute approximate surface area is 868 Å². The Morgan fingerprint density at radius 1 is 0.0733 bits per heavy atom. The molecule has 6 heterocycles. The number of nitrogens with zero attached hydrogens (tertiary/aromatic N) is 6. The van der Waals surface area contributed by atoms with Gasteiger partial charge in [0.05, 0.1) is 66.2 Å². The molecule has 0 aliphatic heterocycles. The Morgan fingerprint density at radius 2 is 0.207 bits per heavy atom. The van der Waals surface area contributed by atoms with Crippen molar-refractivity contribution < 1.29 is 0 Å². The highest BCUT2D eigenvalue weighted by Gasteiger charge is 2.24. The maximum Gasteiger partial charge on any atom is 0.0547 e. The largest absolute Gasteiger partial charge is 0.309 e. The highest BCUT2D eigenvalue weighted by atomic mass is 15.0. The Hall–Kier alpha value is -19.9. The molecule has 0 aliphatic carbocycles. The highest BCUT2D eigenvalue weighted by Crippen LogP contribution is 2.46. The zero-order valence-corrected chi connectivity index (χ0v) is 82.1. The Kier molecular flexibility index (Phi) is 21.9. The van der Waals surface area contributed by atoms with E-state index in [-0.39, 0.29) is 0 Å². The second kappa shape index (κ2) is 37.4. The van der Waals surface area contributed by atoms with Crippen LogP contribution in [0.1, 0.15) is 0 Å². The van der Waals surface area contributed by atoms with Crippen molar-refractivity contribution in [3.05, 3.63) is 582 Å². The fraction of sp³-hybridized carbons (Fsp3) is 0. The van der Waals surface area contributed by atoms with Gasteiger partial charge in [0, 0.05) is 98.8 Å². The Balaban J connectivity index is 0.000000108. The molecule has 150 heavy (non-hydrogen) atoms. The number of benzene rings is 24. The lowest BCUT2D eigenvalue weighted by molar-refractivity contribution is 1.18. The minimum Gasteiger partial charge on any atom is -0.309 e. The molecule has 0 bridgehead atoms. The standard InChI is InChI=1S/3C48H32N2/c1-3-13-33(14-4-1)35-17-11-19-39(29-35)49-45-23-9-7-21-41(45)43-27-25-37(31-47(43)49)38-26-28-44-42-22-8-10-24-46(42)50(48(44)32-38)40-20-12-18-36(30-40)34-15-5-2-6-16-34;1-3-12-33(13-4-1)35-22-26-39(27-23-35)49-45-20-9-7-18-41(45)43-28-24-37(31-47(43)49)38-25-29-44-42-19-8-10-21-46(42)50(48(44)32-38)40-17-11-16-36(30-40)34-14-5-2-6-15-34;1-3-11-33(12-4-1)35-19-25-39(26-20-35)49-45-17-9-7-15-41(45)43-29-23-37(31-47(43)49)38-24-30-44-42-16-8-10-18-46(42)50(48(44)32-38)40-27-21-36(22-28-40)34-13-5-2-6-14-34/h3*1-32H. The van der Waals surface area contributed by atoms with Gasteiger partial charge in [0.15, 0.2) is 0 Å². The predicted molar refractivity (Wildman–Crippen MR) is 634 cm³/mol. The SMILES string of the molecule is c1ccc(-c2ccc(-n3c4ccccc4c4ccc(-c5ccc6c7ccccc7n(-c7ccc(-c8ccccc8)cc7)c6c5)cc43)cc2)cc1.c1ccc(-c2ccc(-n3c4ccccc4c4ccc(-c5ccc6c7ccccc7n(-c7cccc(-c8ccccc8)c7)c6c5)cc43)cc2)cc1.c1ccc(-c2cccc(-n3c4ccccc4c4ccc(-c5ccc6c7ccccc7n(-c7cccc(-c8ccccc8)c7)c6c5)cc43)c2)cc1. The van der Waals surface area contributed by atoms with Gasteiger partial charge in [0.2, 0.25) is 0 Å². The van der Waals surface area contributed by atoms with Crippen molar-refractivity contribution >= 4 is 131 Å². The number of fused-ring (bicyclic) bond motifs is 18. The third-order valence-electron chi connectivity index (χ3n) is 30.4. The molecule has 0 spiro atoms. The van der Waals surface area contributed by atoms with E-state index < -0.39 is 0 Å². The summed E-state index contributed by atoms with van der Waals surface area (Å²) in [5, 5.41) is 15.1. The summed E-state index contributed by atoms with van der Waals surface area (Å²) < 4.78 is 14.5. The number of aromatic nitrogens is 6. The molecule has 0 atom stereocenters. The quantitative estimate of drug-likeness (QED) is 0.0979. The van der Waals surface area contributed by atoms with Crippen molar-refractivity contribution in [2.75, 3.05) is 0 Å². The van der Waals surface area contributed by atoms with Crippen LogP contribution in [-0.2, 0) is 0 Å². The minimum atomic E-state index is 1.15. The second-order valence-corrected chi connectivity index (χ2v) is 39.0. The molecule has 6 nitrogen and oxygen atoms in total. The Bertz CT molecular complexity index is 10000. The molecule has 702 valence electrons. The van der Waals surface area contributed by atoms with Crippen LogP contribution in [0.4, 0.5) is 0 Å². The first-order valence-electron chi connectivity index (χ1n) is 51.6. The summed E-state index contributed by atoms with van der Waals surface area (Å²) in [6.07, 6.45) is 0. The van der Waals surface area contributed by atoms with E-state index in [9.17, 15) is 0 Å². The summed E-state index contributed by atoms with van der Waals surface area (Å²) in [6.45, 7) is 0. The Morgan fingerprint density at radius 3 is 0.400 bits per heavy atom. The molecule has 0 amide bonds. The van der Waals surface area contributed by atoms with Gasteiger partial charge in [-0.2, -0.15) is 0 Å². The van der Waals surface area contributed by atoms with Crippen LogP contribution >= 0.6 is 0 Å². The monoisotopic (exact) mass is 1910 g/mol. The van der Waals surface area contributed by atoms with Crippen LogP contribution in [0, 0.1) is 0 Å². The van der Waals surface area contributed by atoms with Crippen LogP contribution in [0.3, 0.4) is 0 Å². The van der Waals surface area contributed by atoms with Gasteiger partial charge in [-0.3, -0.25) is 0 Å². The summed E-state index contributed by atoms with van der Waals surface area (Å²) in [5.74, 6) is 0. The van der Waals surface area contributed by atoms with E-state index in [1.807, 2.05) is 0 Å². The zero-order valence-electron chi connectivity index (χ0n) is 82.1. The summed E-state index contributed by atoms with van der Waals surface area (Å²) in [5.41, 5.74) is 43.2. The molecule has 30 rings (SSSR count). The molecule has 0 saturated heterocycles. The summed E-state index contributed by atoms with van der Waals surface area (Å²) >= 11 is 0. The van der Waals surface area contributed by atoms with Gasteiger partial charge in [0.1, 0.15) is 0 Å². The van der Waals surface area contributed by atoms with Crippen molar-refractivity contribution in [3.63, 3.8) is 0 Å². The van der Waals surface area contributed by atoms with Crippen LogP contribution in [0.2, 0.25) is 0 Å². The van der Waals surface area contributed by atoms with Gasteiger partial charge in [-0.25, -0.2) is 0 Å². The normalized spacial score (nSPS) is 11.6. The van der Waals surface area contributed by atoms with E-state index in [0.29, 0.717) is 0 Å². The van der Waals surface area contributed by atoms with Crippen molar-refractivity contribution in [2.45, 2.75) is 0 Å². The lowest BCUT2D eigenvalue weighted by Gasteiger charge is -2.12. The van der Waals surface area contributed by atoms with E-state index in [4.69, 9.17) is 0 Å². The van der Waals surface area contributed by atoms with Gasteiger partial charge in [0.25, 0.3) is 0 Å². The third kappa shape index (κ3) is 15.6. The number of para-hydroxylation sites is 6. The summed E-state index contributed by atoms with van der Waals surface area (Å²) in [4.78, 5) is 0. The van der Waals surface area contributed by atoms with E-state index in [2.05, 4.69) is 610 Å². The van der Waals surface area contributed by atoms with Crippen molar-refractivity contribution in [1.82, 2.24) is 27.4 Å². The molecule has 0 radical (unpaired) electrons. The van der Waals surface area contributed by atoms with Crippen LogP contribution in [0.25, 0.3) is 265 Å². The number of hydrogen-bond acceptors (Lipinski definition) is 0. The molecule has 0 fully saturated rings. The fourth-order valence-corrected chi connectivity index (χ4v) is 23.2. The third-order valence-corrected chi connectivity index (χ3v) is 30.4. The van der Waals surface area contributed by atoms with Crippen LogP contribution in [-0.4, -0.2) is 27.4 Å². The summed E-state index contributed by atoms with van der Waals surface area (Å²) in [6, 6.07) is 211. The fourth-order valence-electron chi connectivity index (χ4n) is 23.2.